The standard InChI is InChI=1S/C16H20F3N3O2/c17-16(18,19)14-10-12(4-5-20-14)22-8-9-24-13(11-22)15(23)21-6-2-1-3-7-21/h4-5,10,13H,1-3,6-9,11H2. The lowest BCUT2D eigenvalue weighted by Crippen LogP contribution is -2.52. The van der Waals surface area contributed by atoms with Gasteiger partial charge in [-0.2, -0.15) is 13.2 Å². The van der Waals surface area contributed by atoms with Crippen LogP contribution >= 0.6 is 0 Å². The van der Waals surface area contributed by atoms with Crippen LogP contribution in [0.5, 0.6) is 0 Å². The van der Waals surface area contributed by atoms with Gasteiger partial charge in [0, 0.05) is 31.5 Å². The summed E-state index contributed by atoms with van der Waals surface area (Å²) >= 11 is 0. The summed E-state index contributed by atoms with van der Waals surface area (Å²) in [5.41, 5.74) is -0.512. The summed E-state index contributed by atoms with van der Waals surface area (Å²) in [5, 5.41) is 0. The zero-order chi connectivity index (χ0) is 17.2. The number of aromatic nitrogens is 1. The minimum atomic E-state index is -4.48. The number of carbonyl (C=O) groups excluding carboxylic acids is 1. The van der Waals surface area contributed by atoms with Crippen molar-refractivity contribution in [2.75, 3.05) is 37.7 Å². The molecule has 1 aromatic rings. The van der Waals surface area contributed by atoms with Crippen LogP contribution in [-0.4, -0.2) is 54.7 Å². The molecule has 0 saturated carbocycles. The number of likely N-dealkylation sites (tertiary alicyclic amines) is 1. The Labute approximate surface area is 138 Å². The van der Waals surface area contributed by atoms with E-state index in [-0.39, 0.29) is 12.5 Å². The summed E-state index contributed by atoms with van der Waals surface area (Å²) in [6, 6.07) is 2.55. The number of anilines is 1. The second kappa shape index (κ2) is 6.96. The molecule has 0 aromatic carbocycles. The van der Waals surface area contributed by atoms with Crippen LogP contribution in [0.25, 0.3) is 0 Å². The molecule has 2 aliphatic heterocycles. The largest absolute Gasteiger partial charge is 0.433 e. The Morgan fingerprint density at radius 2 is 1.96 bits per heavy atom. The van der Waals surface area contributed by atoms with Crippen LogP contribution in [0.3, 0.4) is 0 Å². The van der Waals surface area contributed by atoms with Crippen molar-refractivity contribution < 1.29 is 22.7 Å². The van der Waals surface area contributed by atoms with Gasteiger partial charge in [0.1, 0.15) is 5.69 Å². The van der Waals surface area contributed by atoms with Crippen molar-refractivity contribution in [3.05, 3.63) is 24.0 Å². The first-order valence-corrected chi connectivity index (χ1v) is 8.14. The number of piperidine rings is 1. The number of hydrogen-bond acceptors (Lipinski definition) is 4. The van der Waals surface area contributed by atoms with Gasteiger partial charge in [-0.05, 0) is 31.4 Å². The maximum Gasteiger partial charge on any atom is 0.433 e. The smallest absolute Gasteiger partial charge is 0.366 e. The number of alkyl halides is 3. The maximum atomic E-state index is 12.8. The Bertz CT molecular complexity index is 588. The first kappa shape index (κ1) is 17.0. The molecule has 132 valence electrons. The second-order valence-corrected chi connectivity index (χ2v) is 6.09. The summed E-state index contributed by atoms with van der Waals surface area (Å²) in [5.74, 6) is -0.0653. The predicted molar refractivity (Wildman–Crippen MR) is 81.6 cm³/mol. The first-order valence-electron chi connectivity index (χ1n) is 8.14. The lowest BCUT2D eigenvalue weighted by molar-refractivity contribution is -0.145. The Hall–Kier alpha value is -1.83. The number of amides is 1. The van der Waals surface area contributed by atoms with Crippen molar-refractivity contribution in [1.82, 2.24) is 9.88 Å². The van der Waals surface area contributed by atoms with E-state index in [0.717, 1.165) is 44.6 Å². The summed E-state index contributed by atoms with van der Waals surface area (Å²) in [6.45, 7) is 2.48. The fraction of sp³-hybridized carbons (Fsp3) is 0.625. The molecule has 8 heteroatoms. The van der Waals surface area contributed by atoms with Gasteiger partial charge in [0.25, 0.3) is 5.91 Å². The van der Waals surface area contributed by atoms with Crippen molar-refractivity contribution in [2.24, 2.45) is 0 Å². The van der Waals surface area contributed by atoms with E-state index in [4.69, 9.17) is 4.74 Å². The molecule has 0 spiro atoms. The molecule has 0 N–H and O–H groups in total. The van der Waals surface area contributed by atoms with Gasteiger partial charge in [-0.1, -0.05) is 0 Å². The van der Waals surface area contributed by atoms with E-state index in [1.807, 2.05) is 0 Å². The minimum absolute atomic E-state index is 0.0653. The van der Waals surface area contributed by atoms with Crippen molar-refractivity contribution in [2.45, 2.75) is 31.5 Å². The molecule has 0 bridgehead atoms. The number of ether oxygens (including phenoxy) is 1. The lowest BCUT2D eigenvalue weighted by atomic mass is 10.1. The van der Waals surface area contributed by atoms with E-state index >= 15 is 0 Å². The van der Waals surface area contributed by atoms with E-state index < -0.39 is 18.0 Å². The molecule has 1 amide bonds. The van der Waals surface area contributed by atoms with Gasteiger partial charge in [-0.25, -0.2) is 0 Å². The van der Waals surface area contributed by atoms with Crippen LogP contribution in [0.2, 0.25) is 0 Å². The number of nitrogens with zero attached hydrogens (tertiary/aromatic N) is 3. The third-order valence-electron chi connectivity index (χ3n) is 4.41. The van der Waals surface area contributed by atoms with Crippen LogP contribution in [-0.2, 0) is 15.7 Å². The number of halogens is 3. The third-order valence-corrected chi connectivity index (χ3v) is 4.41. The van der Waals surface area contributed by atoms with Crippen LogP contribution < -0.4 is 4.90 Å². The molecule has 5 nitrogen and oxygen atoms in total. The number of rotatable bonds is 2. The molecule has 1 unspecified atom stereocenters. The molecule has 1 aromatic heterocycles. The molecular weight excluding hydrogens is 323 g/mol. The molecular formula is C16H20F3N3O2. The Kier molecular flexibility index (Phi) is 4.93. The SMILES string of the molecule is O=C(C1CN(c2ccnc(C(F)(F)F)c2)CCO1)N1CCCCC1. The van der Waals surface area contributed by atoms with E-state index in [1.165, 1.54) is 6.07 Å². The highest BCUT2D eigenvalue weighted by molar-refractivity contribution is 5.82. The number of hydrogen-bond donors (Lipinski definition) is 0. The highest BCUT2D eigenvalue weighted by Crippen LogP contribution is 2.30. The maximum absolute atomic E-state index is 12.8. The molecule has 0 radical (unpaired) electrons. The van der Waals surface area contributed by atoms with Gasteiger partial charge >= 0.3 is 6.18 Å². The van der Waals surface area contributed by atoms with Crippen LogP contribution in [0, 0.1) is 0 Å². The van der Waals surface area contributed by atoms with Crippen LogP contribution in [0.15, 0.2) is 18.3 Å². The number of carbonyl (C=O) groups is 1. The molecule has 3 rings (SSSR count). The predicted octanol–water partition coefficient (Wildman–Crippen LogP) is 2.32. The van der Waals surface area contributed by atoms with Gasteiger partial charge < -0.3 is 14.5 Å². The van der Waals surface area contributed by atoms with E-state index in [9.17, 15) is 18.0 Å². The summed E-state index contributed by atoms with van der Waals surface area (Å²) in [7, 11) is 0. The van der Waals surface area contributed by atoms with Crippen molar-refractivity contribution >= 4 is 11.6 Å². The van der Waals surface area contributed by atoms with E-state index in [0.29, 0.717) is 18.8 Å². The highest BCUT2D eigenvalue weighted by Gasteiger charge is 2.34. The Morgan fingerprint density at radius 3 is 2.67 bits per heavy atom. The molecule has 2 fully saturated rings. The van der Waals surface area contributed by atoms with Crippen LogP contribution in [0.1, 0.15) is 25.0 Å². The Morgan fingerprint density at radius 1 is 1.21 bits per heavy atom. The lowest BCUT2D eigenvalue weighted by Gasteiger charge is -2.37. The summed E-state index contributed by atoms with van der Waals surface area (Å²) in [6.07, 6.45) is -0.860. The molecule has 3 heterocycles. The van der Waals surface area contributed by atoms with Gasteiger partial charge in [-0.15, -0.1) is 0 Å². The van der Waals surface area contributed by atoms with Crippen molar-refractivity contribution in [3.8, 4) is 0 Å². The Balaban J connectivity index is 1.70. The number of pyridine rings is 1. The molecule has 0 aliphatic carbocycles. The van der Waals surface area contributed by atoms with E-state index in [2.05, 4.69) is 4.98 Å². The topological polar surface area (TPSA) is 45.7 Å². The van der Waals surface area contributed by atoms with Crippen LogP contribution in [0.4, 0.5) is 18.9 Å². The van der Waals surface area contributed by atoms with Gasteiger partial charge in [-0.3, -0.25) is 9.78 Å². The van der Waals surface area contributed by atoms with Gasteiger partial charge in [0.2, 0.25) is 0 Å². The summed E-state index contributed by atoms with van der Waals surface area (Å²) < 4.78 is 44.0. The molecule has 1 atom stereocenters. The second-order valence-electron chi connectivity index (χ2n) is 6.09. The normalized spacial score (nSPS) is 22.5. The monoisotopic (exact) mass is 343 g/mol. The zero-order valence-corrected chi connectivity index (χ0v) is 13.3. The van der Waals surface area contributed by atoms with E-state index in [1.54, 1.807) is 9.80 Å². The average molecular weight is 343 g/mol. The first-order chi connectivity index (χ1) is 11.4. The van der Waals surface area contributed by atoms with Crippen molar-refractivity contribution in [3.63, 3.8) is 0 Å². The fourth-order valence-electron chi connectivity index (χ4n) is 3.12. The minimum Gasteiger partial charge on any atom is -0.366 e. The zero-order valence-electron chi connectivity index (χ0n) is 13.3. The average Bonchev–Trinajstić information content (AvgIpc) is 2.61. The highest BCUT2D eigenvalue weighted by atomic mass is 19.4. The fourth-order valence-corrected chi connectivity index (χ4v) is 3.12. The molecule has 2 saturated heterocycles. The van der Waals surface area contributed by atoms with Crippen molar-refractivity contribution in [1.29, 1.82) is 0 Å². The molecule has 24 heavy (non-hydrogen) atoms. The number of morpholine rings is 1. The molecule has 2 aliphatic rings. The van der Waals surface area contributed by atoms with Gasteiger partial charge in [0.05, 0.1) is 13.2 Å². The third kappa shape index (κ3) is 3.80. The summed E-state index contributed by atoms with van der Waals surface area (Å²) in [4.78, 5) is 19.5. The van der Waals surface area contributed by atoms with Gasteiger partial charge in [0.15, 0.2) is 6.10 Å². The quantitative estimate of drug-likeness (QED) is 0.827.